The molecule has 1 aromatic rings. The summed E-state index contributed by atoms with van der Waals surface area (Å²) in [6.07, 6.45) is 8.75. The molecule has 2 N–H and O–H groups in total. The van der Waals surface area contributed by atoms with Gasteiger partial charge < -0.3 is 20.1 Å². The summed E-state index contributed by atoms with van der Waals surface area (Å²) in [6, 6.07) is 0. The van der Waals surface area contributed by atoms with E-state index >= 15 is 0 Å². The molecule has 0 atom stereocenters. The van der Waals surface area contributed by atoms with E-state index in [0.29, 0.717) is 5.96 Å². The topological polar surface area (TPSA) is 74.6 Å². The second-order valence-electron chi connectivity index (χ2n) is 5.36. The lowest BCUT2D eigenvalue weighted by molar-refractivity contribution is -0.128. The first kappa shape index (κ1) is 16.3. The van der Waals surface area contributed by atoms with E-state index in [9.17, 15) is 4.79 Å². The highest BCUT2D eigenvalue weighted by molar-refractivity contribution is 5.85. The van der Waals surface area contributed by atoms with E-state index in [4.69, 9.17) is 0 Å². The van der Waals surface area contributed by atoms with Crippen LogP contribution in [0.4, 0.5) is 0 Å². The molecule has 122 valence electrons. The van der Waals surface area contributed by atoms with E-state index < -0.39 is 0 Å². The van der Waals surface area contributed by atoms with Crippen molar-refractivity contribution in [2.75, 3.05) is 32.7 Å². The molecule has 22 heavy (non-hydrogen) atoms. The number of imidazole rings is 1. The molecule has 0 spiro atoms. The second kappa shape index (κ2) is 9.07. The highest BCUT2D eigenvalue weighted by atomic mass is 16.2. The van der Waals surface area contributed by atoms with Crippen LogP contribution in [-0.2, 0) is 11.3 Å². The summed E-state index contributed by atoms with van der Waals surface area (Å²) in [5.74, 6) is 0.828. The maximum absolute atomic E-state index is 12.0. The minimum absolute atomic E-state index is 0.119. The quantitative estimate of drug-likeness (QED) is 0.436. The Balaban J connectivity index is 1.70. The van der Waals surface area contributed by atoms with E-state index in [-0.39, 0.29) is 12.5 Å². The minimum Gasteiger partial charge on any atom is -0.357 e. The monoisotopic (exact) mass is 306 g/mol. The van der Waals surface area contributed by atoms with Crippen LogP contribution >= 0.6 is 0 Å². The van der Waals surface area contributed by atoms with E-state index in [0.717, 1.165) is 52.0 Å². The van der Waals surface area contributed by atoms with Crippen molar-refractivity contribution in [2.24, 2.45) is 4.99 Å². The van der Waals surface area contributed by atoms with Crippen LogP contribution in [0, 0.1) is 0 Å². The van der Waals surface area contributed by atoms with Gasteiger partial charge in [-0.1, -0.05) is 0 Å². The normalized spacial score (nSPS) is 15.1. The number of aryl methyl sites for hydroxylation is 1. The molecule has 1 aromatic heterocycles. The maximum Gasteiger partial charge on any atom is 0.244 e. The largest absolute Gasteiger partial charge is 0.357 e. The van der Waals surface area contributed by atoms with E-state index in [2.05, 4.69) is 20.6 Å². The van der Waals surface area contributed by atoms with E-state index in [1.165, 1.54) is 0 Å². The van der Waals surface area contributed by atoms with Gasteiger partial charge in [0, 0.05) is 45.1 Å². The number of rotatable bonds is 7. The van der Waals surface area contributed by atoms with E-state index in [1.807, 2.05) is 28.9 Å². The third kappa shape index (κ3) is 5.38. The molecule has 0 aliphatic carbocycles. The second-order valence-corrected chi connectivity index (χ2v) is 5.36. The van der Waals surface area contributed by atoms with Crippen molar-refractivity contribution in [1.29, 1.82) is 0 Å². The summed E-state index contributed by atoms with van der Waals surface area (Å²) >= 11 is 0. The molecule has 1 aliphatic heterocycles. The molecule has 0 saturated carbocycles. The molecular weight excluding hydrogens is 280 g/mol. The van der Waals surface area contributed by atoms with Crippen LogP contribution < -0.4 is 10.6 Å². The molecule has 1 amide bonds. The van der Waals surface area contributed by atoms with Gasteiger partial charge in [-0.15, -0.1) is 0 Å². The number of aromatic nitrogens is 2. The Kier molecular flexibility index (Phi) is 6.73. The van der Waals surface area contributed by atoms with Crippen molar-refractivity contribution < 1.29 is 4.79 Å². The number of nitrogens with zero attached hydrogens (tertiary/aromatic N) is 4. The van der Waals surface area contributed by atoms with Crippen molar-refractivity contribution in [2.45, 2.75) is 32.7 Å². The molecule has 1 fully saturated rings. The molecule has 1 aliphatic rings. The van der Waals surface area contributed by atoms with Crippen molar-refractivity contribution in [3.8, 4) is 0 Å². The van der Waals surface area contributed by atoms with Crippen LogP contribution in [0.1, 0.15) is 26.2 Å². The number of carbonyl (C=O) groups excluding carboxylic acids is 1. The van der Waals surface area contributed by atoms with Gasteiger partial charge in [-0.25, -0.2) is 9.98 Å². The molecular formula is C15H26N6O. The average Bonchev–Trinajstić information content (AvgIpc) is 3.21. The molecule has 0 aromatic carbocycles. The first-order chi connectivity index (χ1) is 10.8. The van der Waals surface area contributed by atoms with Gasteiger partial charge in [0.2, 0.25) is 5.91 Å². The Morgan fingerprint density at radius 2 is 2.14 bits per heavy atom. The summed E-state index contributed by atoms with van der Waals surface area (Å²) in [6.45, 7) is 6.50. The number of hydrogen-bond donors (Lipinski definition) is 2. The van der Waals surface area contributed by atoms with Crippen LogP contribution in [0.15, 0.2) is 23.7 Å². The summed E-state index contributed by atoms with van der Waals surface area (Å²) in [7, 11) is 0. The van der Waals surface area contributed by atoms with Crippen molar-refractivity contribution in [3.05, 3.63) is 18.7 Å². The smallest absolute Gasteiger partial charge is 0.244 e. The lowest BCUT2D eigenvalue weighted by atomic mass is 10.4. The number of amides is 1. The first-order valence-corrected chi connectivity index (χ1v) is 8.05. The molecule has 7 nitrogen and oxygen atoms in total. The Morgan fingerprint density at radius 1 is 1.32 bits per heavy atom. The first-order valence-electron chi connectivity index (χ1n) is 8.05. The fourth-order valence-corrected chi connectivity index (χ4v) is 2.44. The molecule has 2 rings (SSSR count). The lowest BCUT2D eigenvalue weighted by Gasteiger charge is -2.15. The number of guanidine groups is 1. The van der Waals surface area contributed by atoms with Crippen molar-refractivity contribution in [3.63, 3.8) is 0 Å². The zero-order valence-corrected chi connectivity index (χ0v) is 13.3. The Morgan fingerprint density at radius 3 is 2.82 bits per heavy atom. The number of carbonyl (C=O) groups is 1. The number of nitrogens with one attached hydrogen (secondary N) is 2. The molecule has 7 heteroatoms. The number of aliphatic imine (C=N–C) groups is 1. The minimum atomic E-state index is 0.119. The van der Waals surface area contributed by atoms with Gasteiger partial charge in [0.1, 0.15) is 6.54 Å². The fraction of sp³-hybridized carbons (Fsp3) is 0.667. The fourth-order valence-electron chi connectivity index (χ4n) is 2.44. The predicted molar refractivity (Wildman–Crippen MR) is 86.6 cm³/mol. The molecule has 0 bridgehead atoms. The summed E-state index contributed by atoms with van der Waals surface area (Å²) in [4.78, 5) is 22.3. The average molecular weight is 306 g/mol. The van der Waals surface area contributed by atoms with Gasteiger partial charge in [-0.2, -0.15) is 0 Å². The summed E-state index contributed by atoms with van der Waals surface area (Å²) in [5.41, 5.74) is 0. The van der Waals surface area contributed by atoms with Gasteiger partial charge >= 0.3 is 0 Å². The van der Waals surface area contributed by atoms with Crippen LogP contribution in [-0.4, -0.2) is 59.0 Å². The summed E-state index contributed by atoms with van der Waals surface area (Å²) in [5, 5.41) is 6.43. The standard InChI is InChI=1S/C15H26N6O/c1-2-17-15(18-6-5-8-20-11-7-16-13-20)19-12-14(22)21-9-3-4-10-21/h7,11,13H,2-6,8-10,12H2,1H3,(H2,17,18,19). The van der Waals surface area contributed by atoms with Gasteiger partial charge in [-0.05, 0) is 26.2 Å². The van der Waals surface area contributed by atoms with Gasteiger partial charge in [0.25, 0.3) is 0 Å². The third-order valence-electron chi connectivity index (χ3n) is 3.62. The maximum atomic E-state index is 12.0. The van der Waals surface area contributed by atoms with Crippen molar-refractivity contribution >= 4 is 11.9 Å². The van der Waals surface area contributed by atoms with Crippen LogP contribution in [0.2, 0.25) is 0 Å². The SMILES string of the molecule is CCNC(=NCC(=O)N1CCCC1)NCCCn1ccnc1. The Hall–Kier alpha value is -2.05. The van der Waals surface area contributed by atoms with Crippen LogP contribution in [0.5, 0.6) is 0 Å². The molecule has 0 unspecified atom stereocenters. The van der Waals surface area contributed by atoms with Gasteiger partial charge in [0.05, 0.1) is 6.33 Å². The van der Waals surface area contributed by atoms with Crippen molar-refractivity contribution in [1.82, 2.24) is 25.1 Å². The zero-order valence-electron chi connectivity index (χ0n) is 13.3. The van der Waals surface area contributed by atoms with Gasteiger partial charge in [-0.3, -0.25) is 4.79 Å². The van der Waals surface area contributed by atoms with E-state index in [1.54, 1.807) is 6.20 Å². The highest BCUT2D eigenvalue weighted by Crippen LogP contribution is 2.07. The zero-order chi connectivity index (χ0) is 15.6. The molecule has 1 saturated heterocycles. The van der Waals surface area contributed by atoms with Gasteiger partial charge in [0.15, 0.2) is 5.96 Å². The molecule has 2 heterocycles. The number of likely N-dealkylation sites (tertiary alicyclic amines) is 1. The number of hydrogen-bond acceptors (Lipinski definition) is 3. The predicted octanol–water partition coefficient (Wildman–Crippen LogP) is 0.451. The Bertz CT molecular complexity index is 464. The highest BCUT2D eigenvalue weighted by Gasteiger charge is 2.17. The van der Waals surface area contributed by atoms with Crippen LogP contribution in [0.3, 0.4) is 0 Å². The Labute approximate surface area is 131 Å². The molecule has 0 radical (unpaired) electrons. The third-order valence-corrected chi connectivity index (χ3v) is 3.62. The lowest BCUT2D eigenvalue weighted by Crippen LogP contribution is -2.39. The summed E-state index contributed by atoms with van der Waals surface area (Å²) < 4.78 is 2.04. The van der Waals surface area contributed by atoms with Crippen LogP contribution in [0.25, 0.3) is 0 Å².